The van der Waals surface area contributed by atoms with Gasteiger partial charge < -0.3 is 4.74 Å². The molecule has 4 heterocycles. The van der Waals surface area contributed by atoms with E-state index in [0.717, 1.165) is 5.56 Å². The number of hydrogen-bond acceptors (Lipinski definition) is 7. The van der Waals surface area contributed by atoms with Gasteiger partial charge in [0.15, 0.2) is 0 Å². The van der Waals surface area contributed by atoms with Gasteiger partial charge in [-0.15, -0.1) is 0 Å². The number of hydrogen-bond donors (Lipinski definition) is 1. The highest BCUT2D eigenvalue weighted by Gasteiger charge is 2.69. The maximum absolute atomic E-state index is 14.5. The SMILES string of the molecule is CCOC(=O)c1ccc(N2C(=O)[C@H]3[C@H](CC(C)C)N[C@@]4(c5ccccc5-n5c4nc4ccccc4c5=O)[C@H]3C2=O)cc1. The Kier molecular flexibility index (Phi) is 5.92. The van der Waals surface area contributed by atoms with Crippen molar-refractivity contribution in [2.45, 2.75) is 38.8 Å². The molecule has 212 valence electrons. The molecule has 3 aromatic carbocycles. The molecule has 9 heteroatoms. The standard InChI is InChI=1S/C33H30N4O5/c1-4-42-31(41)19-13-15-20(16-14-19)36-29(39)26-24(17-18(2)3)35-33(27(26)30(36)40)22-10-6-8-12-25(22)37-28(38)21-9-5-7-11-23(21)34-32(33)37/h5-16,18,24,26-27,35H,4,17H2,1-3H3/t24-,26-,27+,33-/m0/s1. The van der Waals surface area contributed by atoms with Gasteiger partial charge >= 0.3 is 5.97 Å². The molecule has 1 aromatic heterocycles. The lowest BCUT2D eigenvalue weighted by Crippen LogP contribution is -2.50. The molecule has 3 aliphatic heterocycles. The number of anilines is 1. The number of rotatable bonds is 5. The molecule has 9 nitrogen and oxygen atoms in total. The van der Waals surface area contributed by atoms with Gasteiger partial charge in [0.1, 0.15) is 11.4 Å². The fourth-order valence-corrected chi connectivity index (χ4v) is 7.14. The van der Waals surface area contributed by atoms with Gasteiger partial charge in [-0.1, -0.05) is 44.2 Å². The molecule has 2 fully saturated rings. The van der Waals surface area contributed by atoms with Crippen LogP contribution in [0.4, 0.5) is 5.69 Å². The van der Waals surface area contributed by atoms with Crippen molar-refractivity contribution in [3.8, 4) is 5.69 Å². The highest BCUT2D eigenvalue weighted by Crippen LogP contribution is 2.56. The van der Waals surface area contributed by atoms with Crippen LogP contribution >= 0.6 is 0 Å². The van der Waals surface area contributed by atoms with Crippen molar-refractivity contribution in [2.24, 2.45) is 17.8 Å². The first-order valence-corrected chi connectivity index (χ1v) is 14.3. The van der Waals surface area contributed by atoms with Crippen molar-refractivity contribution in [1.29, 1.82) is 0 Å². The molecule has 4 aromatic rings. The van der Waals surface area contributed by atoms with E-state index in [1.54, 1.807) is 47.9 Å². The number of nitrogens with one attached hydrogen (secondary N) is 1. The minimum absolute atomic E-state index is 0.214. The van der Waals surface area contributed by atoms with Gasteiger partial charge in [0, 0.05) is 11.6 Å². The molecular weight excluding hydrogens is 532 g/mol. The summed E-state index contributed by atoms with van der Waals surface area (Å²) in [6.07, 6.45) is 0.650. The number of esters is 1. The lowest BCUT2D eigenvalue weighted by atomic mass is 9.75. The first-order valence-electron chi connectivity index (χ1n) is 14.3. The molecule has 3 aliphatic rings. The second kappa shape index (κ2) is 9.46. The van der Waals surface area contributed by atoms with E-state index >= 15 is 0 Å². The van der Waals surface area contributed by atoms with Gasteiger partial charge in [-0.3, -0.25) is 24.3 Å². The molecule has 1 N–H and O–H groups in total. The summed E-state index contributed by atoms with van der Waals surface area (Å²) in [6, 6.07) is 20.7. The molecule has 4 atom stereocenters. The predicted octanol–water partition coefficient (Wildman–Crippen LogP) is 3.94. The van der Waals surface area contributed by atoms with E-state index in [2.05, 4.69) is 19.2 Å². The van der Waals surface area contributed by atoms with Gasteiger partial charge in [0.05, 0.1) is 46.3 Å². The quantitative estimate of drug-likeness (QED) is 0.290. The number of para-hydroxylation sites is 2. The molecule has 2 amide bonds. The van der Waals surface area contributed by atoms with Crippen molar-refractivity contribution >= 4 is 34.4 Å². The van der Waals surface area contributed by atoms with Crippen LogP contribution in [0, 0.1) is 17.8 Å². The molecule has 0 aliphatic carbocycles. The van der Waals surface area contributed by atoms with Gasteiger partial charge in [0.25, 0.3) is 5.56 Å². The zero-order valence-electron chi connectivity index (χ0n) is 23.5. The smallest absolute Gasteiger partial charge is 0.338 e. The van der Waals surface area contributed by atoms with Crippen molar-refractivity contribution < 1.29 is 19.1 Å². The van der Waals surface area contributed by atoms with E-state index in [1.165, 1.54) is 4.90 Å². The largest absolute Gasteiger partial charge is 0.462 e. The summed E-state index contributed by atoms with van der Waals surface area (Å²) in [5, 5.41) is 4.21. The molecule has 1 spiro atoms. The Morgan fingerprint density at radius 1 is 0.976 bits per heavy atom. The third-order valence-corrected chi connectivity index (χ3v) is 8.72. The van der Waals surface area contributed by atoms with E-state index in [-0.39, 0.29) is 35.9 Å². The first kappa shape index (κ1) is 26.3. The zero-order valence-corrected chi connectivity index (χ0v) is 23.5. The molecule has 0 unspecified atom stereocenters. The van der Waals surface area contributed by atoms with Crippen LogP contribution in [-0.4, -0.2) is 40.0 Å². The monoisotopic (exact) mass is 562 g/mol. The normalized spacial score (nSPS) is 24.0. The lowest BCUT2D eigenvalue weighted by molar-refractivity contribution is -0.123. The number of benzene rings is 3. The summed E-state index contributed by atoms with van der Waals surface area (Å²) < 4.78 is 6.69. The van der Waals surface area contributed by atoms with Crippen LogP contribution in [0.5, 0.6) is 0 Å². The topological polar surface area (TPSA) is 111 Å². The Morgan fingerprint density at radius 3 is 2.43 bits per heavy atom. The average molecular weight is 563 g/mol. The van der Waals surface area contributed by atoms with E-state index < -0.39 is 23.3 Å². The molecule has 0 radical (unpaired) electrons. The summed E-state index contributed by atoms with van der Waals surface area (Å²) in [4.78, 5) is 61.2. The number of carbonyl (C=O) groups is 3. The molecular formula is C33H30N4O5. The van der Waals surface area contributed by atoms with Crippen molar-refractivity contribution in [3.63, 3.8) is 0 Å². The lowest BCUT2D eigenvalue weighted by Gasteiger charge is -2.32. The van der Waals surface area contributed by atoms with Gasteiger partial charge in [0.2, 0.25) is 11.8 Å². The van der Waals surface area contributed by atoms with Gasteiger partial charge in [-0.25, -0.2) is 14.7 Å². The highest BCUT2D eigenvalue weighted by atomic mass is 16.5. The summed E-state index contributed by atoms with van der Waals surface area (Å²) in [6.45, 7) is 6.15. The third kappa shape index (κ3) is 3.49. The summed E-state index contributed by atoms with van der Waals surface area (Å²) in [7, 11) is 0. The van der Waals surface area contributed by atoms with E-state index in [4.69, 9.17) is 9.72 Å². The molecule has 0 saturated carbocycles. The number of fused-ring (bicyclic) bond motifs is 8. The first-order chi connectivity index (χ1) is 20.3. The predicted molar refractivity (Wildman–Crippen MR) is 156 cm³/mol. The molecule has 42 heavy (non-hydrogen) atoms. The summed E-state index contributed by atoms with van der Waals surface area (Å²) in [5.41, 5.74) is 1.28. The highest BCUT2D eigenvalue weighted by molar-refractivity contribution is 6.23. The third-order valence-electron chi connectivity index (χ3n) is 8.72. The minimum Gasteiger partial charge on any atom is -0.462 e. The Labute approximate surface area is 242 Å². The van der Waals surface area contributed by atoms with E-state index in [1.807, 2.05) is 36.4 Å². The van der Waals surface area contributed by atoms with Crippen LogP contribution in [0.3, 0.4) is 0 Å². The average Bonchev–Trinajstić information content (AvgIpc) is 3.56. The maximum Gasteiger partial charge on any atom is 0.338 e. The number of carbonyl (C=O) groups excluding carboxylic acids is 3. The number of nitrogens with zero attached hydrogens (tertiary/aromatic N) is 3. The number of aromatic nitrogens is 2. The minimum atomic E-state index is -1.18. The molecule has 0 bridgehead atoms. The second-order valence-electron chi connectivity index (χ2n) is 11.6. The van der Waals surface area contributed by atoms with Crippen molar-refractivity contribution in [3.05, 3.63) is 100 Å². The van der Waals surface area contributed by atoms with Crippen LogP contribution in [-0.2, 0) is 19.9 Å². The Morgan fingerprint density at radius 2 is 1.69 bits per heavy atom. The molecule has 2 saturated heterocycles. The van der Waals surface area contributed by atoms with Crippen LogP contribution in [0.15, 0.2) is 77.6 Å². The number of imide groups is 1. The van der Waals surface area contributed by atoms with Gasteiger partial charge in [-0.2, -0.15) is 0 Å². The fraction of sp³-hybridized carbons (Fsp3) is 0.303. The van der Waals surface area contributed by atoms with Crippen molar-refractivity contribution in [2.75, 3.05) is 11.5 Å². The van der Waals surface area contributed by atoms with Crippen LogP contribution in [0.25, 0.3) is 16.6 Å². The maximum atomic E-state index is 14.5. The van der Waals surface area contributed by atoms with Crippen LogP contribution in [0.1, 0.15) is 48.9 Å². The Bertz CT molecular complexity index is 1850. The van der Waals surface area contributed by atoms with Crippen molar-refractivity contribution in [1.82, 2.24) is 14.9 Å². The number of ether oxygens (including phenoxy) is 1. The number of amides is 2. The van der Waals surface area contributed by atoms with E-state index in [0.29, 0.717) is 40.1 Å². The van der Waals surface area contributed by atoms with Gasteiger partial charge in [-0.05, 0) is 61.7 Å². The fourth-order valence-electron chi connectivity index (χ4n) is 7.14. The van der Waals surface area contributed by atoms with Crippen LogP contribution in [0.2, 0.25) is 0 Å². The summed E-state index contributed by atoms with van der Waals surface area (Å²) in [5.74, 6) is -1.98. The molecule has 7 rings (SSSR count). The van der Waals surface area contributed by atoms with Crippen LogP contribution < -0.4 is 15.8 Å². The Hall–Kier alpha value is -4.63. The zero-order chi connectivity index (χ0) is 29.3. The summed E-state index contributed by atoms with van der Waals surface area (Å²) >= 11 is 0. The second-order valence-corrected chi connectivity index (χ2v) is 11.6. The van der Waals surface area contributed by atoms with E-state index in [9.17, 15) is 19.2 Å². The Balaban J connectivity index is 1.43.